The summed E-state index contributed by atoms with van der Waals surface area (Å²) in [7, 11) is 3.33. The number of aryl methyl sites for hydroxylation is 1. The first-order valence-corrected chi connectivity index (χ1v) is 10.8. The molecular formula is C22H33N7O3. The Kier molecular flexibility index (Phi) is 8.48. The third kappa shape index (κ3) is 5.13. The average molecular weight is 444 g/mol. The first-order chi connectivity index (χ1) is 15.4. The molecule has 0 unspecified atom stereocenters. The minimum absolute atomic E-state index is 0.201. The molecule has 0 aromatic carbocycles. The molecule has 0 saturated carbocycles. The van der Waals surface area contributed by atoms with Gasteiger partial charge in [-0.25, -0.2) is 9.67 Å². The minimum Gasteiger partial charge on any atom is -0.481 e. The Bertz CT molecular complexity index is 1010. The van der Waals surface area contributed by atoms with Crippen molar-refractivity contribution >= 4 is 5.91 Å². The maximum Gasteiger partial charge on any atom is 0.276 e. The van der Waals surface area contributed by atoms with E-state index in [0.717, 1.165) is 0 Å². The van der Waals surface area contributed by atoms with Gasteiger partial charge in [-0.3, -0.25) is 9.48 Å². The molecule has 3 aromatic rings. The summed E-state index contributed by atoms with van der Waals surface area (Å²) >= 11 is 0. The van der Waals surface area contributed by atoms with E-state index in [-0.39, 0.29) is 12.6 Å². The Morgan fingerprint density at radius 2 is 1.91 bits per heavy atom. The van der Waals surface area contributed by atoms with Gasteiger partial charge < -0.3 is 14.4 Å². The molecule has 0 aliphatic carbocycles. The Balaban J connectivity index is 0.000000860. The number of carbonyl (C=O) groups is 1. The Morgan fingerprint density at radius 1 is 1.19 bits per heavy atom. The molecule has 0 N–H and O–H groups in total. The van der Waals surface area contributed by atoms with Crippen molar-refractivity contribution in [2.75, 3.05) is 20.4 Å². The number of hydrogen-bond acceptors (Lipinski definition) is 7. The van der Waals surface area contributed by atoms with Gasteiger partial charge in [-0.15, -0.1) is 5.10 Å². The van der Waals surface area contributed by atoms with E-state index in [9.17, 15) is 4.79 Å². The fraction of sp³-hybridized carbons (Fsp3) is 0.500. The highest BCUT2D eigenvalue weighted by atomic mass is 16.5. The molecule has 0 bridgehead atoms. The van der Waals surface area contributed by atoms with Crippen molar-refractivity contribution in [3.63, 3.8) is 0 Å². The molecule has 10 nitrogen and oxygen atoms in total. The molecule has 0 radical (unpaired) electrons. The molecule has 1 fully saturated rings. The van der Waals surface area contributed by atoms with Gasteiger partial charge in [0.15, 0.2) is 5.69 Å². The number of methoxy groups -OCH3 is 1. The topological polar surface area (TPSA) is 100 Å². The summed E-state index contributed by atoms with van der Waals surface area (Å²) in [5, 5.41) is 12.7. The van der Waals surface area contributed by atoms with E-state index in [2.05, 4.69) is 20.4 Å². The van der Waals surface area contributed by atoms with Gasteiger partial charge in [0.1, 0.15) is 12.4 Å². The van der Waals surface area contributed by atoms with Gasteiger partial charge in [-0.2, -0.15) is 5.10 Å². The van der Waals surface area contributed by atoms with Crippen LogP contribution in [0.1, 0.15) is 52.0 Å². The van der Waals surface area contributed by atoms with E-state index in [1.807, 2.05) is 47.6 Å². The van der Waals surface area contributed by atoms with Crippen molar-refractivity contribution in [3.8, 4) is 23.0 Å². The lowest BCUT2D eigenvalue weighted by Crippen LogP contribution is -2.44. The summed E-state index contributed by atoms with van der Waals surface area (Å²) in [5.41, 5.74) is 1.82. The monoisotopic (exact) mass is 443 g/mol. The van der Waals surface area contributed by atoms with Crippen molar-refractivity contribution in [3.05, 3.63) is 36.3 Å². The van der Waals surface area contributed by atoms with E-state index >= 15 is 0 Å². The normalized spacial score (nSPS) is 14.2. The molecule has 10 heteroatoms. The largest absolute Gasteiger partial charge is 0.481 e. The highest BCUT2D eigenvalue weighted by molar-refractivity contribution is 5.94. The summed E-state index contributed by atoms with van der Waals surface area (Å²) in [6, 6.07) is 5.26. The predicted molar refractivity (Wildman–Crippen MR) is 122 cm³/mol. The van der Waals surface area contributed by atoms with Crippen LogP contribution in [0.25, 0.3) is 17.1 Å². The van der Waals surface area contributed by atoms with Crippen molar-refractivity contribution in [2.45, 2.75) is 47.1 Å². The molecule has 3 aromatic heterocycles. The number of carbonyl (C=O) groups excluding carboxylic acids is 1. The lowest BCUT2D eigenvalue weighted by molar-refractivity contribution is 0.0599. The van der Waals surface area contributed by atoms with Crippen LogP contribution in [0.5, 0.6) is 5.88 Å². The van der Waals surface area contributed by atoms with Crippen molar-refractivity contribution < 1.29 is 14.3 Å². The fourth-order valence-corrected chi connectivity index (χ4v) is 3.06. The summed E-state index contributed by atoms with van der Waals surface area (Å²) in [5.74, 6) is 0.289. The lowest BCUT2D eigenvalue weighted by atomic mass is 10.1. The second-order valence-corrected chi connectivity index (χ2v) is 7.19. The van der Waals surface area contributed by atoms with E-state index < -0.39 is 5.54 Å². The molecule has 4 heterocycles. The molecule has 1 saturated heterocycles. The average Bonchev–Trinajstić information content (AvgIpc) is 3.54. The van der Waals surface area contributed by atoms with Crippen LogP contribution in [-0.2, 0) is 11.8 Å². The van der Waals surface area contributed by atoms with Gasteiger partial charge in [0.05, 0.1) is 43.0 Å². The van der Waals surface area contributed by atoms with Crippen LogP contribution in [0.3, 0.4) is 0 Å². The third-order valence-electron chi connectivity index (χ3n) is 4.62. The molecule has 0 spiro atoms. The van der Waals surface area contributed by atoms with Crippen LogP contribution in [0, 0.1) is 0 Å². The molecular weight excluding hydrogens is 410 g/mol. The third-order valence-corrected chi connectivity index (χ3v) is 4.62. The molecule has 1 aliphatic heterocycles. The van der Waals surface area contributed by atoms with Gasteiger partial charge in [-0.05, 0) is 26.0 Å². The number of nitrogens with zero attached hydrogens (tertiary/aromatic N) is 7. The summed E-state index contributed by atoms with van der Waals surface area (Å²) in [6.45, 7) is 12.7. The van der Waals surface area contributed by atoms with Crippen LogP contribution >= 0.6 is 0 Å². The Morgan fingerprint density at radius 3 is 2.41 bits per heavy atom. The van der Waals surface area contributed by atoms with Crippen LogP contribution in [0.4, 0.5) is 0 Å². The van der Waals surface area contributed by atoms with Gasteiger partial charge in [0.2, 0.25) is 5.88 Å². The first-order valence-electron chi connectivity index (χ1n) is 10.8. The standard InChI is InChI=1S/C18H21N7O3.2C2H6/c1-18(2)10-28-11-24(18)17(26)13-7-15(14-9-23(3)22-20-14)25(21-13)12-5-6-16(27-4)19-8-12;2*1-2/h5-9H,10-11H2,1-4H3;2*1-2H3. The quantitative estimate of drug-likeness (QED) is 0.610. The maximum absolute atomic E-state index is 13.1. The van der Waals surface area contributed by atoms with Gasteiger partial charge in [0, 0.05) is 13.1 Å². The second-order valence-electron chi connectivity index (χ2n) is 7.19. The smallest absolute Gasteiger partial charge is 0.276 e. The molecule has 4 rings (SSSR count). The molecule has 1 amide bonds. The summed E-state index contributed by atoms with van der Waals surface area (Å²) in [4.78, 5) is 19.0. The van der Waals surface area contributed by atoms with E-state index in [1.165, 1.54) is 0 Å². The molecule has 1 aliphatic rings. The highest BCUT2D eigenvalue weighted by Gasteiger charge is 2.38. The summed E-state index contributed by atoms with van der Waals surface area (Å²) in [6.07, 6.45) is 3.39. The Hall–Kier alpha value is -3.27. The van der Waals surface area contributed by atoms with Crippen LogP contribution in [0.2, 0.25) is 0 Å². The van der Waals surface area contributed by atoms with E-state index in [4.69, 9.17) is 9.47 Å². The molecule has 174 valence electrons. The predicted octanol–water partition coefficient (Wildman–Crippen LogP) is 3.33. The molecule has 0 atom stereocenters. The zero-order valence-electron chi connectivity index (χ0n) is 20.2. The SMILES string of the molecule is CC.CC.COc1ccc(-n2nc(C(=O)N3COCC3(C)C)cc2-c2cn(C)nn2)cn1. The zero-order valence-corrected chi connectivity index (χ0v) is 20.2. The van der Waals surface area contributed by atoms with Crippen LogP contribution in [-0.4, -0.2) is 66.6 Å². The molecule has 32 heavy (non-hydrogen) atoms. The van der Waals surface area contributed by atoms with Crippen molar-refractivity contribution in [2.24, 2.45) is 7.05 Å². The lowest BCUT2D eigenvalue weighted by Gasteiger charge is -2.28. The fourth-order valence-electron chi connectivity index (χ4n) is 3.06. The van der Waals surface area contributed by atoms with Crippen molar-refractivity contribution in [1.82, 2.24) is 34.7 Å². The number of amides is 1. The number of rotatable bonds is 4. The maximum atomic E-state index is 13.1. The van der Waals surface area contributed by atoms with Gasteiger partial charge in [0.25, 0.3) is 5.91 Å². The van der Waals surface area contributed by atoms with Gasteiger partial charge in [-0.1, -0.05) is 32.9 Å². The van der Waals surface area contributed by atoms with Crippen molar-refractivity contribution in [1.29, 1.82) is 0 Å². The van der Waals surface area contributed by atoms with E-state index in [0.29, 0.717) is 35.3 Å². The minimum atomic E-state index is -0.394. The summed E-state index contributed by atoms with van der Waals surface area (Å²) < 4.78 is 13.8. The number of hydrogen-bond donors (Lipinski definition) is 0. The first kappa shape index (κ1) is 25.0. The Labute approximate surface area is 189 Å². The van der Waals surface area contributed by atoms with Crippen LogP contribution in [0.15, 0.2) is 30.6 Å². The highest BCUT2D eigenvalue weighted by Crippen LogP contribution is 2.27. The zero-order chi connectivity index (χ0) is 23.9. The van der Waals surface area contributed by atoms with E-state index in [1.54, 1.807) is 52.9 Å². The number of aromatic nitrogens is 6. The number of ether oxygens (including phenoxy) is 2. The number of pyridine rings is 1. The second kappa shape index (κ2) is 10.9. The van der Waals surface area contributed by atoms with Crippen LogP contribution < -0.4 is 4.74 Å². The van der Waals surface area contributed by atoms with Gasteiger partial charge >= 0.3 is 0 Å².